The van der Waals surface area contributed by atoms with Crippen LogP contribution in [0.1, 0.15) is 106 Å². The van der Waals surface area contributed by atoms with Crippen molar-refractivity contribution < 1.29 is 4.79 Å². The molecule has 0 bridgehead atoms. The van der Waals surface area contributed by atoms with Gasteiger partial charge in [-0.15, -0.1) is 0 Å². The van der Waals surface area contributed by atoms with Crippen LogP contribution in [0, 0.1) is 22.7 Å². The van der Waals surface area contributed by atoms with Gasteiger partial charge in [0.25, 0.3) is 17.0 Å². The first kappa shape index (κ1) is 94.6. The van der Waals surface area contributed by atoms with Gasteiger partial charge in [-0.25, -0.2) is 62.7 Å². The topological polar surface area (TPSA) is 412 Å². The quantitative estimate of drug-likeness (QED) is 0.0229. The maximum absolute atomic E-state index is 13.7. The molecule has 722 valence electrons. The monoisotopic (exact) mass is 1900 g/mol. The zero-order chi connectivity index (χ0) is 99.1. The van der Waals surface area contributed by atoms with E-state index in [9.17, 15) is 28.8 Å². The summed E-state index contributed by atoms with van der Waals surface area (Å²) in [5.41, 5.74) is 18.6. The molecule has 1 saturated carbocycles. The Morgan fingerprint density at radius 1 is 0.479 bits per heavy atom. The van der Waals surface area contributed by atoms with Crippen molar-refractivity contribution in [1.82, 2.24) is 110 Å². The summed E-state index contributed by atoms with van der Waals surface area (Å²) in [5, 5.41) is 45.1. The number of anilines is 9. The number of para-hydroxylation sites is 4. The third-order valence-electron chi connectivity index (χ3n) is 24.7. The Morgan fingerprint density at radius 2 is 0.908 bits per heavy atom. The van der Waals surface area contributed by atoms with E-state index in [0.29, 0.717) is 96.8 Å². The number of amidine groups is 1. The molecule has 1 aliphatic carbocycles. The van der Waals surface area contributed by atoms with Gasteiger partial charge in [-0.2, -0.15) is 25.5 Å². The largest absolute Gasteiger partial charge is 0.384 e. The highest BCUT2D eigenvalue weighted by Gasteiger charge is 2.48. The first-order valence-corrected chi connectivity index (χ1v) is 46.8. The molecule has 12 heterocycles. The van der Waals surface area contributed by atoms with Crippen molar-refractivity contribution in [3.8, 4) is 22.7 Å². The Bertz CT molecular complexity index is 7970. The van der Waals surface area contributed by atoms with Crippen LogP contribution in [0.15, 0.2) is 315 Å². The number of nitrogens with two attached hydrogens (primary N) is 1. The molecule has 10 aromatic heterocycles. The molecular weight excluding hydrogens is 1790 g/mol. The smallest absolute Gasteiger partial charge is 0.332 e. The Kier molecular flexibility index (Phi) is 27.2. The molecule has 0 radical (unpaired) electrons. The minimum atomic E-state index is -0.504. The number of hydrogen-bond acceptors (Lipinski definition) is 23. The van der Waals surface area contributed by atoms with Gasteiger partial charge in [0.15, 0.2) is 5.65 Å². The minimum absolute atomic E-state index is 0.0290. The fourth-order valence-electron chi connectivity index (χ4n) is 17.7. The molecule has 18 aromatic rings. The van der Waals surface area contributed by atoms with Crippen LogP contribution in [0.3, 0.4) is 0 Å². The van der Waals surface area contributed by atoms with Crippen LogP contribution in [0.4, 0.5) is 51.7 Å². The van der Waals surface area contributed by atoms with E-state index >= 15 is 0 Å². The third-order valence-corrected chi connectivity index (χ3v) is 24.7. The Balaban J connectivity index is 0.000000125. The van der Waals surface area contributed by atoms with Gasteiger partial charge < -0.3 is 41.0 Å². The lowest BCUT2D eigenvalue weighted by atomic mass is 9.97. The zero-order valence-corrected chi connectivity index (χ0v) is 80.6. The standard InChI is InChI=1S/C27H26N8O.C26H29N9O.C26H27N7O2.C25H28N8O2/c1-32-26(36)24-23(35-22-9-5-8-21(22)31-27(32)35)15-33(25(24)30-19-6-3-2-4-7-19)14-18-10-12-20(13-11-18)34-17-28-16-29-34;1-26(2,3)15-33-24-21(22(27)32(4)25(33)36)23(30-19-8-6-5-7-9-19)34(31-24)14-18-10-12-20(13-11-18)35-17-28-16-29-35;1-18(2)13-32-22-15-31(14-19-9-11-21(12-10-19)33-17-27-16-28-33)24(29-20-7-5-4-6-8-20)23(22)25(34)30(3)26(32)35;1-17(2)14-32-22(26)21(24(34)31(3)25(32)35)23(30-19-7-5-4-6-8-19)28-13-18-9-11-20(12-10-18)33-16-27-15-29-33/h2-4,6-7,10-13,15-17,21-22,30H,5,8-9,14H2,1H3;5-13,16-17,27,30H,14-15H2,1-4H3;4-12,15-18,29H,13-14H2,1-3H3;4-12,15-17H,13-14,26H2,1-3H3,(H,28,30)/t21-,22+;;;/m1.../s1. The maximum atomic E-state index is 13.7. The van der Waals surface area contributed by atoms with E-state index in [4.69, 9.17) is 26.2 Å². The molecule has 0 unspecified atom stereocenters. The third kappa shape index (κ3) is 20.2. The molecular formula is C104H110N32O6. The number of carbonyl (C=O) groups excluding carboxylic acids is 1. The summed E-state index contributed by atoms with van der Waals surface area (Å²) in [6.07, 6.45) is 20.0. The summed E-state index contributed by atoms with van der Waals surface area (Å²) in [4.78, 5) is 109. The van der Waals surface area contributed by atoms with Crippen LogP contribution in [0.5, 0.6) is 0 Å². The van der Waals surface area contributed by atoms with Crippen molar-refractivity contribution in [3.05, 3.63) is 372 Å². The van der Waals surface area contributed by atoms with E-state index < -0.39 is 11.2 Å². The van der Waals surface area contributed by atoms with Crippen LogP contribution in [0.25, 0.3) is 44.7 Å². The normalized spacial score (nSPS) is 13.8. The van der Waals surface area contributed by atoms with Crippen molar-refractivity contribution in [2.45, 2.75) is 126 Å². The van der Waals surface area contributed by atoms with Crippen molar-refractivity contribution in [3.63, 3.8) is 0 Å². The van der Waals surface area contributed by atoms with Gasteiger partial charge in [-0.05, 0) is 156 Å². The maximum Gasteiger partial charge on any atom is 0.332 e. The Hall–Kier alpha value is -17.7. The summed E-state index contributed by atoms with van der Waals surface area (Å²) in [6.45, 7) is 17.6. The molecule has 2 aliphatic heterocycles. The van der Waals surface area contributed by atoms with Crippen LogP contribution in [-0.2, 0) is 67.0 Å². The summed E-state index contributed by atoms with van der Waals surface area (Å²) in [5.74, 6) is 3.67. The lowest BCUT2D eigenvalue weighted by molar-refractivity contribution is 0.0866. The lowest BCUT2D eigenvalue weighted by Gasteiger charge is -2.35. The van der Waals surface area contributed by atoms with E-state index in [2.05, 4.69) is 124 Å². The van der Waals surface area contributed by atoms with E-state index in [-0.39, 0.29) is 63.0 Å². The number of amides is 1. The number of hydrogen-bond donors (Lipinski definition) is 6. The highest BCUT2D eigenvalue weighted by molar-refractivity contribution is 6.22. The second-order valence-corrected chi connectivity index (χ2v) is 37.2. The predicted molar refractivity (Wildman–Crippen MR) is 550 cm³/mol. The number of nitrogen functional groups attached to an aromatic ring is 1. The van der Waals surface area contributed by atoms with Crippen LogP contribution in [-0.4, -0.2) is 147 Å². The number of rotatable bonds is 25. The summed E-state index contributed by atoms with van der Waals surface area (Å²) >= 11 is 0. The molecule has 142 heavy (non-hydrogen) atoms. The van der Waals surface area contributed by atoms with Crippen LogP contribution >= 0.6 is 0 Å². The zero-order valence-electron chi connectivity index (χ0n) is 80.6. The Morgan fingerprint density at radius 3 is 1.38 bits per heavy atom. The van der Waals surface area contributed by atoms with E-state index in [1.54, 1.807) is 65.1 Å². The molecule has 8 aromatic carbocycles. The molecule has 2 atom stereocenters. The average molecular weight is 1900 g/mol. The SMILES string of the molecule is CC(C)Cn1c(=O)n(C)c(=O)c2c(Nc3ccccc3)n(Cc3ccc(-n4cncn4)cc3)cc21.CC(C)Cn1c(N)c(C(=NCc2ccc(-n3cncn3)cc2)Nc2ccccc2)c(=O)n(C)c1=O.CN1C(=O)c2c(cn(Cc3ccc(-n4cncn4)cc3)c2Nc2ccccc2)N2C1=N[C@@H]1CCC[C@@H]12.Cn1c(=N)c2c(Nc3ccccc3)n(Cc3ccc(-n4cncn4)cc3)nc2n(CC(C)(C)C)c1=O. The van der Waals surface area contributed by atoms with Gasteiger partial charge in [0.2, 0.25) is 5.96 Å². The number of aromatic nitrogens is 22. The van der Waals surface area contributed by atoms with Crippen molar-refractivity contribution in [2.24, 2.45) is 48.4 Å². The molecule has 7 N–H and O–H groups in total. The molecule has 1 fully saturated rings. The van der Waals surface area contributed by atoms with Gasteiger partial charge in [0, 0.05) is 96.1 Å². The molecule has 38 nitrogen and oxygen atoms in total. The molecule has 1 amide bonds. The predicted octanol–water partition coefficient (Wildman–Crippen LogP) is 13.4. The number of nitrogens with zero attached hydrogens (tertiary/aromatic N) is 26. The summed E-state index contributed by atoms with van der Waals surface area (Å²) in [6, 6.07) is 71.4. The van der Waals surface area contributed by atoms with E-state index in [0.717, 1.165) is 103 Å². The summed E-state index contributed by atoms with van der Waals surface area (Å²) < 4.78 is 21.2. The van der Waals surface area contributed by atoms with Crippen LogP contribution < -0.4 is 65.6 Å². The van der Waals surface area contributed by atoms with Crippen molar-refractivity contribution in [2.75, 3.05) is 38.9 Å². The van der Waals surface area contributed by atoms with Crippen molar-refractivity contribution >= 4 is 91.3 Å². The molecule has 38 heteroatoms. The highest BCUT2D eigenvalue weighted by Crippen LogP contribution is 2.45. The van der Waals surface area contributed by atoms with Gasteiger partial charge in [0.1, 0.15) is 107 Å². The number of aliphatic imine (C=N–C) groups is 2. The first-order chi connectivity index (χ1) is 68.6. The van der Waals surface area contributed by atoms with Gasteiger partial charge in [-0.1, -0.05) is 170 Å². The van der Waals surface area contributed by atoms with Gasteiger partial charge >= 0.3 is 17.1 Å². The van der Waals surface area contributed by atoms with Crippen LogP contribution in [0.2, 0.25) is 0 Å². The van der Waals surface area contributed by atoms with Gasteiger partial charge in [0.05, 0.1) is 59.1 Å². The molecule has 3 aliphatic rings. The number of nitrogens with one attached hydrogen (secondary N) is 5. The van der Waals surface area contributed by atoms with E-state index in [1.807, 2.05) is 243 Å². The molecule has 21 rings (SSSR count). The average Bonchev–Trinajstić information content (AvgIpc) is 1.57. The molecule has 0 saturated heterocycles. The second kappa shape index (κ2) is 40.9. The Labute approximate surface area is 815 Å². The fraction of sp³-hybridized carbons (Fsp3) is 0.250. The molecule has 0 spiro atoms. The van der Waals surface area contributed by atoms with Crippen molar-refractivity contribution in [1.29, 1.82) is 5.41 Å². The lowest BCUT2D eigenvalue weighted by Crippen LogP contribution is -2.51. The number of fused-ring (bicyclic) bond motifs is 7. The number of guanidine groups is 1. The number of carbonyl (C=O) groups is 1. The number of benzene rings is 8. The summed E-state index contributed by atoms with van der Waals surface area (Å²) in [7, 11) is 6.46. The van der Waals surface area contributed by atoms with E-state index in [1.165, 1.54) is 59.5 Å². The highest BCUT2D eigenvalue weighted by atomic mass is 16.2. The van der Waals surface area contributed by atoms with Gasteiger partial charge in [-0.3, -0.25) is 57.1 Å². The fourth-order valence-corrected chi connectivity index (χ4v) is 17.7. The minimum Gasteiger partial charge on any atom is -0.384 e. The second-order valence-electron chi connectivity index (χ2n) is 37.2. The first-order valence-electron chi connectivity index (χ1n) is 46.8.